The number of amides is 4. The van der Waals surface area contributed by atoms with Crippen molar-refractivity contribution >= 4 is 35.0 Å². The molecular formula is C36H42N4O4. The van der Waals surface area contributed by atoms with Gasteiger partial charge in [-0.15, -0.1) is 0 Å². The number of benzene rings is 2. The number of nitrogens with zero attached hydrogens (tertiary/aromatic N) is 2. The fourth-order valence-corrected chi connectivity index (χ4v) is 7.93. The van der Waals surface area contributed by atoms with Gasteiger partial charge >= 0.3 is 0 Å². The van der Waals surface area contributed by atoms with Gasteiger partial charge < -0.3 is 20.4 Å². The van der Waals surface area contributed by atoms with Crippen molar-refractivity contribution in [2.45, 2.75) is 90.1 Å². The molecule has 2 N–H and O–H groups in total. The summed E-state index contributed by atoms with van der Waals surface area (Å²) in [7, 11) is 0. The molecule has 2 aromatic rings. The SMILES string of the molecule is C=C1CC2(NC1=O)C(=O)N(CCCCCCCCN1C(=O)C3(CC(=C)C(=O)N3)c3c(C)ccc(C)c31)c1c(C)ccc(C)c12. The molecule has 230 valence electrons. The van der Waals surface area contributed by atoms with Gasteiger partial charge in [-0.05, 0) is 62.8 Å². The van der Waals surface area contributed by atoms with Crippen LogP contribution in [0, 0.1) is 27.7 Å². The molecule has 0 bridgehead atoms. The number of unbranched alkanes of at least 4 members (excludes halogenated alkanes) is 5. The topological polar surface area (TPSA) is 98.8 Å². The molecule has 6 rings (SSSR count). The van der Waals surface area contributed by atoms with Crippen LogP contribution in [0.5, 0.6) is 0 Å². The van der Waals surface area contributed by atoms with E-state index in [9.17, 15) is 19.2 Å². The summed E-state index contributed by atoms with van der Waals surface area (Å²) in [6.07, 6.45) is 6.38. The molecule has 44 heavy (non-hydrogen) atoms. The van der Waals surface area contributed by atoms with E-state index < -0.39 is 11.1 Å². The second kappa shape index (κ2) is 10.8. The van der Waals surface area contributed by atoms with E-state index in [1.54, 1.807) is 0 Å². The van der Waals surface area contributed by atoms with E-state index in [4.69, 9.17) is 0 Å². The zero-order valence-electron chi connectivity index (χ0n) is 26.3. The molecule has 4 aliphatic heterocycles. The number of hydrogen-bond donors (Lipinski definition) is 2. The Balaban J connectivity index is 1.04. The Kier molecular flexibility index (Phi) is 7.30. The summed E-state index contributed by atoms with van der Waals surface area (Å²) in [6, 6.07) is 8.14. The Morgan fingerprint density at radius 3 is 1.27 bits per heavy atom. The number of hydrogen-bond acceptors (Lipinski definition) is 4. The number of rotatable bonds is 9. The fraction of sp³-hybridized carbons (Fsp3) is 0.444. The third-order valence-corrected chi connectivity index (χ3v) is 10.1. The molecule has 4 aliphatic rings. The largest absolute Gasteiger partial charge is 0.334 e. The van der Waals surface area contributed by atoms with E-state index >= 15 is 0 Å². The molecule has 8 heteroatoms. The van der Waals surface area contributed by atoms with Gasteiger partial charge in [0.1, 0.15) is 0 Å². The standard InChI is InChI=1S/C36H42N4O4/c1-21-13-15-23(3)29-27(21)35(19-25(5)31(41)37-35)33(43)39(29)17-11-9-7-8-10-12-18-40-30-24(4)16-14-22(2)28(30)36(34(40)44)20-26(6)32(42)38-36/h13-16H,5-12,17-20H2,1-4H3,(H,37,41)(H,38,42). The lowest BCUT2D eigenvalue weighted by molar-refractivity contribution is -0.127. The maximum Gasteiger partial charge on any atom is 0.257 e. The first-order chi connectivity index (χ1) is 20.9. The summed E-state index contributed by atoms with van der Waals surface area (Å²) in [5, 5.41) is 5.97. The molecule has 0 aromatic heterocycles. The second-order valence-electron chi connectivity index (χ2n) is 13.2. The van der Waals surface area contributed by atoms with Crippen LogP contribution in [0.1, 0.15) is 84.7 Å². The average Bonchev–Trinajstić information content (AvgIpc) is 3.61. The minimum atomic E-state index is -1.03. The molecule has 8 nitrogen and oxygen atoms in total. The number of anilines is 2. The normalized spacial score (nSPS) is 23.8. The van der Waals surface area contributed by atoms with Crippen LogP contribution in [0.15, 0.2) is 48.6 Å². The van der Waals surface area contributed by atoms with E-state index in [1.807, 2.05) is 61.8 Å². The molecule has 0 aliphatic carbocycles. The van der Waals surface area contributed by atoms with Gasteiger partial charge in [-0.1, -0.05) is 63.1 Å². The van der Waals surface area contributed by atoms with Gasteiger partial charge in [-0.3, -0.25) is 19.2 Å². The zero-order chi connectivity index (χ0) is 31.6. The van der Waals surface area contributed by atoms with Crippen molar-refractivity contribution < 1.29 is 19.2 Å². The Morgan fingerprint density at radius 2 is 0.932 bits per heavy atom. The molecule has 0 radical (unpaired) electrons. The van der Waals surface area contributed by atoms with Gasteiger partial charge in [0.15, 0.2) is 11.1 Å². The Labute approximate surface area is 259 Å². The minimum absolute atomic E-state index is 0.0576. The lowest BCUT2D eigenvalue weighted by Gasteiger charge is -2.24. The molecule has 4 heterocycles. The highest BCUT2D eigenvalue weighted by Crippen LogP contribution is 2.50. The van der Waals surface area contributed by atoms with Crippen molar-refractivity contribution in [2.75, 3.05) is 22.9 Å². The second-order valence-corrected chi connectivity index (χ2v) is 13.2. The summed E-state index contributed by atoms with van der Waals surface area (Å²) < 4.78 is 0. The highest BCUT2D eigenvalue weighted by molar-refractivity contribution is 6.15. The van der Waals surface area contributed by atoms with Crippen LogP contribution < -0.4 is 20.4 Å². The van der Waals surface area contributed by atoms with E-state index in [0.717, 1.165) is 83.3 Å². The average molecular weight is 595 g/mol. The molecular weight excluding hydrogens is 552 g/mol. The number of carbonyl (C=O) groups excluding carboxylic acids is 4. The smallest absolute Gasteiger partial charge is 0.257 e. The van der Waals surface area contributed by atoms with E-state index in [-0.39, 0.29) is 23.6 Å². The highest BCUT2D eigenvalue weighted by atomic mass is 16.2. The summed E-state index contributed by atoms with van der Waals surface area (Å²) in [6.45, 7) is 17.1. The van der Waals surface area contributed by atoms with Gasteiger partial charge in [0.25, 0.3) is 11.8 Å². The van der Waals surface area contributed by atoms with Gasteiger partial charge in [0, 0.05) is 48.2 Å². The Morgan fingerprint density at radius 1 is 0.591 bits per heavy atom. The highest BCUT2D eigenvalue weighted by Gasteiger charge is 2.58. The van der Waals surface area contributed by atoms with Crippen LogP contribution in [0.3, 0.4) is 0 Å². The van der Waals surface area contributed by atoms with Crippen molar-refractivity contribution in [1.82, 2.24) is 10.6 Å². The van der Waals surface area contributed by atoms with Gasteiger partial charge in [-0.2, -0.15) is 0 Å². The lowest BCUT2D eigenvalue weighted by atomic mass is 9.85. The van der Waals surface area contributed by atoms with Gasteiger partial charge in [0.2, 0.25) is 11.8 Å². The van der Waals surface area contributed by atoms with Crippen LogP contribution in [0.2, 0.25) is 0 Å². The van der Waals surface area contributed by atoms with E-state index in [0.29, 0.717) is 37.1 Å². The van der Waals surface area contributed by atoms with Gasteiger partial charge in [0.05, 0.1) is 11.4 Å². The summed E-state index contributed by atoms with van der Waals surface area (Å²) in [4.78, 5) is 56.3. The molecule has 0 saturated carbocycles. The van der Waals surface area contributed by atoms with Crippen molar-refractivity contribution in [2.24, 2.45) is 0 Å². The monoisotopic (exact) mass is 594 g/mol. The van der Waals surface area contributed by atoms with Crippen LogP contribution in [0.4, 0.5) is 11.4 Å². The molecule has 2 fully saturated rings. The summed E-state index contributed by atoms with van der Waals surface area (Å²) in [5.74, 6) is -0.606. The number of aryl methyl sites for hydroxylation is 4. The van der Waals surface area contributed by atoms with Gasteiger partial charge in [-0.25, -0.2) is 0 Å². The minimum Gasteiger partial charge on any atom is -0.334 e. The number of fused-ring (bicyclic) bond motifs is 4. The molecule has 2 atom stereocenters. The molecule has 4 amide bonds. The van der Waals surface area contributed by atoms with Crippen molar-refractivity contribution in [3.05, 3.63) is 82.0 Å². The summed E-state index contributed by atoms with van der Waals surface area (Å²) >= 11 is 0. The lowest BCUT2D eigenvalue weighted by Crippen LogP contribution is -2.48. The van der Waals surface area contributed by atoms with Crippen molar-refractivity contribution in [1.29, 1.82) is 0 Å². The van der Waals surface area contributed by atoms with E-state index in [1.165, 1.54) is 0 Å². The zero-order valence-corrected chi connectivity index (χ0v) is 26.3. The predicted molar refractivity (Wildman–Crippen MR) is 171 cm³/mol. The Bertz CT molecular complexity index is 1500. The molecule has 2 spiro atoms. The van der Waals surface area contributed by atoms with Crippen LogP contribution in [0.25, 0.3) is 0 Å². The first-order valence-corrected chi connectivity index (χ1v) is 15.8. The third kappa shape index (κ3) is 4.32. The maximum atomic E-state index is 13.8. The van der Waals surface area contributed by atoms with Crippen LogP contribution in [-0.2, 0) is 30.3 Å². The molecule has 2 aromatic carbocycles. The fourth-order valence-electron chi connectivity index (χ4n) is 7.93. The maximum absolute atomic E-state index is 13.8. The number of nitrogens with one attached hydrogen (secondary N) is 2. The number of carbonyl (C=O) groups is 4. The predicted octanol–water partition coefficient (Wildman–Crippen LogP) is 5.20. The van der Waals surface area contributed by atoms with Crippen LogP contribution >= 0.6 is 0 Å². The quantitative estimate of drug-likeness (QED) is 0.308. The molecule has 2 saturated heterocycles. The first-order valence-electron chi connectivity index (χ1n) is 15.8. The van der Waals surface area contributed by atoms with Crippen LogP contribution in [-0.4, -0.2) is 36.7 Å². The summed E-state index contributed by atoms with van der Waals surface area (Å²) in [5.41, 5.74) is 6.63. The van der Waals surface area contributed by atoms with Crippen molar-refractivity contribution in [3.63, 3.8) is 0 Å². The van der Waals surface area contributed by atoms with E-state index in [2.05, 4.69) is 23.8 Å². The van der Waals surface area contributed by atoms with Crippen molar-refractivity contribution in [3.8, 4) is 0 Å². The first kappa shape index (κ1) is 29.9. The molecule has 2 unspecified atom stereocenters. The Hall–Kier alpha value is -4.20. The third-order valence-electron chi connectivity index (χ3n) is 10.1.